The summed E-state index contributed by atoms with van der Waals surface area (Å²) in [6.45, 7) is 4.15. The Kier molecular flexibility index (Phi) is 6.03. The van der Waals surface area contributed by atoms with Crippen LogP contribution >= 0.6 is 11.8 Å². The van der Waals surface area contributed by atoms with Crippen molar-refractivity contribution in [1.82, 2.24) is 30.0 Å². The minimum absolute atomic E-state index is 0.120. The van der Waals surface area contributed by atoms with Gasteiger partial charge < -0.3 is 9.80 Å². The number of likely N-dealkylation sites (tertiary alicyclic amines) is 1. The zero-order chi connectivity index (χ0) is 18.5. The summed E-state index contributed by atoms with van der Waals surface area (Å²) in [5.41, 5.74) is 1.51. The largest absolute Gasteiger partial charge is 0.334 e. The lowest BCUT2D eigenvalue weighted by Crippen LogP contribution is -2.49. The first-order valence-corrected chi connectivity index (χ1v) is 10.9. The molecule has 8 heteroatoms. The average Bonchev–Trinajstić information content (AvgIpc) is 3.16. The fraction of sp³-hybridized carbons (Fsp3) is 0.579. The quantitative estimate of drug-likeness (QED) is 0.802. The molecule has 4 rings (SSSR count). The van der Waals surface area contributed by atoms with Crippen LogP contribution in [0.1, 0.15) is 36.0 Å². The number of benzene rings is 1. The standard InChI is InChI=1S/C19H26N6OS/c26-19(16-6-4-7-17(12-16)25-15-20-21-22-25)24-10-5-11-27-14-18(24)13-23-8-2-1-3-9-23/h4,6-7,12,15,18H,1-3,5,8-11,13-14H2. The Labute approximate surface area is 164 Å². The third-order valence-corrected chi connectivity index (χ3v) is 6.52. The maximum absolute atomic E-state index is 13.4. The number of carbonyl (C=O) groups excluding carboxylic acids is 1. The van der Waals surface area contributed by atoms with Crippen LogP contribution in [0.3, 0.4) is 0 Å². The number of tetrazole rings is 1. The molecule has 27 heavy (non-hydrogen) atoms. The number of hydrogen-bond acceptors (Lipinski definition) is 6. The van der Waals surface area contributed by atoms with Gasteiger partial charge in [0.25, 0.3) is 5.91 Å². The van der Waals surface area contributed by atoms with E-state index in [1.807, 2.05) is 36.0 Å². The second-order valence-electron chi connectivity index (χ2n) is 7.25. The van der Waals surface area contributed by atoms with E-state index in [0.717, 1.165) is 49.8 Å². The van der Waals surface area contributed by atoms with E-state index < -0.39 is 0 Å². The van der Waals surface area contributed by atoms with E-state index in [1.54, 1.807) is 11.0 Å². The van der Waals surface area contributed by atoms with Crippen molar-refractivity contribution < 1.29 is 4.79 Å². The van der Waals surface area contributed by atoms with Gasteiger partial charge in [-0.05, 0) is 66.7 Å². The lowest BCUT2D eigenvalue weighted by atomic mass is 10.1. The Bertz CT molecular complexity index is 746. The number of carbonyl (C=O) groups is 1. The lowest BCUT2D eigenvalue weighted by molar-refractivity contribution is 0.0645. The van der Waals surface area contributed by atoms with Crippen molar-refractivity contribution in [1.29, 1.82) is 0 Å². The summed E-state index contributed by atoms with van der Waals surface area (Å²) in [4.78, 5) is 18.0. The van der Waals surface area contributed by atoms with Crippen molar-refractivity contribution in [3.8, 4) is 5.69 Å². The van der Waals surface area contributed by atoms with Gasteiger partial charge in [0.05, 0.1) is 11.7 Å². The maximum atomic E-state index is 13.4. The van der Waals surface area contributed by atoms with E-state index in [1.165, 1.54) is 19.3 Å². The van der Waals surface area contributed by atoms with E-state index in [4.69, 9.17) is 0 Å². The smallest absolute Gasteiger partial charge is 0.254 e. The predicted molar refractivity (Wildman–Crippen MR) is 106 cm³/mol. The molecule has 2 aliphatic rings. The molecule has 1 aromatic heterocycles. The lowest BCUT2D eigenvalue weighted by Gasteiger charge is -2.35. The third kappa shape index (κ3) is 4.50. The molecular formula is C19H26N6OS. The molecule has 0 N–H and O–H groups in total. The van der Waals surface area contributed by atoms with Gasteiger partial charge in [-0.3, -0.25) is 4.79 Å². The van der Waals surface area contributed by atoms with Crippen molar-refractivity contribution in [3.63, 3.8) is 0 Å². The molecule has 0 spiro atoms. The molecule has 144 valence electrons. The SMILES string of the molecule is O=C(c1cccc(-n2cnnn2)c1)N1CCCSCC1CN1CCCCC1. The molecule has 2 aliphatic heterocycles. The van der Waals surface area contributed by atoms with Gasteiger partial charge in [0.15, 0.2) is 0 Å². The molecule has 3 heterocycles. The summed E-state index contributed by atoms with van der Waals surface area (Å²) in [6, 6.07) is 7.87. The Morgan fingerprint density at radius 3 is 2.85 bits per heavy atom. The first kappa shape index (κ1) is 18.4. The highest BCUT2D eigenvalue weighted by Crippen LogP contribution is 2.22. The minimum atomic E-state index is 0.120. The van der Waals surface area contributed by atoms with Gasteiger partial charge in [-0.25, -0.2) is 4.68 Å². The number of amides is 1. The summed E-state index contributed by atoms with van der Waals surface area (Å²) in [5.74, 6) is 2.27. The van der Waals surface area contributed by atoms with Crippen molar-refractivity contribution in [3.05, 3.63) is 36.2 Å². The number of thioether (sulfide) groups is 1. The Morgan fingerprint density at radius 2 is 2.04 bits per heavy atom. The van der Waals surface area contributed by atoms with Gasteiger partial charge in [-0.1, -0.05) is 12.5 Å². The van der Waals surface area contributed by atoms with Gasteiger partial charge in [-0.2, -0.15) is 11.8 Å². The summed E-state index contributed by atoms with van der Waals surface area (Å²) in [6.07, 6.45) is 6.50. The molecule has 0 bridgehead atoms. The van der Waals surface area contributed by atoms with Crippen LogP contribution in [0.25, 0.3) is 5.69 Å². The van der Waals surface area contributed by atoms with Crippen molar-refractivity contribution in [2.45, 2.75) is 31.7 Å². The fourth-order valence-electron chi connectivity index (χ4n) is 3.91. The van der Waals surface area contributed by atoms with E-state index in [0.29, 0.717) is 5.56 Å². The molecule has 7 nitrogen and oxygen atoms in total. The predicted octanol–water partition coefficient (Wildman–Crippen LogP) is 2.10. The van der Waals surface area contributed by atoms with Crippen LogP contribution in [0.2, 0.25) is 0 Å². The number of hydrogen-bond donors (Lipinski definition) is 0. The van der Waals surface area contributed by atoms with Gasteiger partial charge >= 0.3 is 0 Å². The Hall–Kier alpha value is -1.93. The molecule has 1 unspecified atom stereocenters. The molecule has 0 aliphatic carbocycles. The maximum Gasteiger partial charge on any atom is 0.254 e. The van der Waals surface area contributed by atoms with Crippen molar-refractivity contribution in [2.24, 2.45) is 0 Å². The number of aromatic nitrogens is 4. The molecule has 1 atom stereocenters. The van der Waals surface area contributed by atoms with Crippen LogP contribution in [0.5, 0.6) is 0 Å². The molecule has 1 aromatic carbocycles. The van der Waals surface area contributed by atoms with Gasteiger partial charge in [0.2, 0.25) is 0 Å². The topological polar surface area (TPSA) is 67.2 Å². The molecule has 2 fully saturated rings. The molecule has 2 aromatic rings. The number of nitrogens with zero attached hydrogens (tertiary/aromatic N) is 6. The van der Waals surface area contributed by atoms with E-state index in [9.17, 15) is 4.79 Å². The summed E-state index contributed by atoms with van der Waals surface area (Å²) < 4.78 is 1.58. The normalized spacial score (nSPS) is 21.8. The minimum Gasteiger partial charge on any atom is -0.334 e. The number of rotatable bonds is 4. The summed E-state index contributed by atoms with van der Waals surface area (Å²) in [7, 11) is 0. The van der Waals surface area contributed by atoms with Crippen LogP contribution in [0.15, 0.2) is 30.6 Å². The Balaban J connectivity index is 1.53. The van der Waals surface area contributed by atoms with Crippen LogP contribution in [-0.4, -0.2) is 79.6 Å². The molecule has 0 saturated carbocycles. The molecular weight excluding hydrogens is 360 g/mol. The Morgan fingerprint density at radius 1 is 1.15 bits per heavy atom. The van der Waals surface area contributed by atoms with Gasteiger partial charge in [0.1, 0.15) is 6.33 Å². The summed E-state index contributed by atoms with van der Waals surface area (Å²) in [5, 5.41) is 11.3. The monoisotopic (exact) mass is 386 g/mol. The van der Waals surface area contributed by atoms with Crippen LogP contribution in [0.4, 0.5) is 0 Å². The molecule has 2 saturated heterocycles. The number of piperidine rings is 1. The second-order valence-corrected chi connectivity index (χ2v) is 8.40. The molecule has 0 radical (unpaired) electrons. The van der Waals surface area contributed by atoms with Crippen LogP contribution in [-0.2, 0) is 0 Å². The average molecular weight is 387 g/mol. The van der Waals surface area contributed by atoms with Crippen LogP contribution < -0.4 is 0 Å². The van der Waals surface area contributed by atoms with E-state index >= 15 is 0 Å². The van der Waals surface area contributed by atoms with E-state index in [-0.39, 0.29) is 11.9 Å². The molecule has 1 amide bonds. The fourth-order valence-corrected chi connectivity index (χ4v) is 4.97. The highest BCUT2D eigenvalue weighted by atomic mass is 32.2. The highest BCUT2D eigenvalue weighted by molar-refractivity contribution is 7.99. The van der Waals surface area contributed by atoms with Crippen molar-refractivity contribution >= 4 is 17.7 Å². The second kappa shape index (κ2) is 8.84. The zero-order valence-electron chi connectivity index (χ0n) is 15.5. The summed E-state index contributed by atoms with van der Waals surface area (Å²) >= 11 is 1.98. The third-order valence-electron chi connectivity index (χ3n) is 5.32. The van der Waals surface area contributed by atoms with Crippen LogP contribution in [0, 0.1) is 0 Å². The first-order valence-electron chi connectivity index (χ1n) is 9.76. The highest BCUT2D eigenvalue weighted by Gasteiger charge is 2.28. The first-order chi connectivity index (χ1) is 13.3. The van der Waals surface area contributed by atoms with Crippen molar-refractivity contribution in [2.75, 3.05) is 37.7 Å². The van der Waals surface area contributed by atoms with Gasteiger partial charge in [0, 0.05) is 24.4 Å². The van der Waals surface area contributed by atoms with E-state index in [2.05, 4.69) is 25.3 Å². The zero-order valence-corrected chi connectivity index (χ0v) is 16.4. The van der Waals surface area contributed by atoms with Gasteiger partial charge in [-0.15, -0.1) is 5.10 Å².